The lowest BCUT2D eigenvalue weighted by Crippen LogP contribution is -2.17. The molecule has 0 radical (unpaired) electrons. The zero-order chi connectivity index (χ0) is 11.3. The Morgan fingerprint density at radius 1 is 1.47 bits per heavy atom. The van der Waals surface area contributed by atoms with E-state index in [2.05, 4.69) is 15.3 Å². The molecule has 0 spiro atoms. The van der Waals surface area contributed by atoms with Gasteiger partial charge in [0.1, 0.15) is 12.1 Å². The molecule has 0 aliphatic carbocycles. The molecule has 84 valence electrons. The first-order valence-electron chi connectivity index (χ1n) is 4.45. The van der Waals surface area contributed by atoms with Crippen LogP contribution < -0.4 is 5.32 Å². The van der Waals surface area contributed by atoms with Crippen LogP contribution >= 0.6 is 0 Å². The van der Waals surface area contributed by atoms with E-state index in [1.165, 1.54) is 0 Å². The van der Waals surface area contributed by atoms with Crippen molar-refractivity contribution in [2.45, 2.75) is 6.92 Å². The number of halogens is 1. The number of sulfone groups is 1. The van der Waals surface area contributed by atoms with Crippen LogP contribution in [0.15, 0.2) is 12.4 Å². The minimum absolute atomic E-state index is 0.00905. The third kappa shape index (κ3) is 4.20. The zero-order valence-corrected chi connectivity index (χ0v) is 9.09. The molecule has 0 amide bonds. The van der Waals surface area contributed by atoms with Gasteiger partial charge >= 0.3 is 0 Å². The van der Waals surface area contributed by atoms with Gasteiger partial charge in [0.15, 0.2) is 9.84 Å². The summed E-state index contributed by atoms with van der Waals surface area (Å²) in [4.78, 5) is 7.00. The summed E-state index contributed by atoms with van der Waals surface area (Å²) < 4.78 is 34.8. The summed E-state index contributed by atoms with van der Waals surface area (Å²) in [7, 11) is -3.00. The zero-order valence-electron chi connectivity index (χ0n) is 8.27. The normalized spacial score (nSPS) is 11.3. The minimum Gasteiger partial charge on any atom is -0.369 e. The Hall–Kier alpha value is -1.24. The van der Waals surface area contributed by atoms with Gasteiger partial charge in [-0.25, -0.2) is 18.4 Å². The highest BCUT2D eigenvalue weighted by atomic mass is 32.2. The Bertz CT molecular complexity index is 422. The van der Waals surface area contributed by atoms with Crippen LogP contribution in [0.25, 0.3) is 0 Å². The van der Waals surface area contributed by atoms with Gasteiger partial charge in [0.25, 0.3) is 0 Å². The van der Waals surface area contributed by atoms with Crippen LogP contribution in [0.2, 0.25) is 0 Å². The number of rotatable bonds is 5. The number of nitrogens with zero attached hydrogens (tertiary/aromatic N) is 2. The predicted molar refractivity (Wildman–Crippen MR) is 54.8 cm³/mol. The van der Waals surface area contributed by atoms with Crippen LogP contribution in [0.5, 0.6) is 0 Å². The SMILES string of the molecule is CCS(=O)(=O)CCNc1cc(F)ncn1. The maximum atomic E-state index is 12.6. The molecule has 5 nitrogen and oxygen atoms in total. The Labute approximate surface area is 87.7 Å². The number of nitrogens with one attached hydrogen (secondary N) is 1. The molecule has 1 aromatic heterocycles. The molecule has 1 rings (SSSR count). The lowest BCUT2D eigenvalue weighted by Gasteiger charge is -2.04. The fourth-order valence-electron chi connectivity index (χ4n) is 0.909. The standard InChI is InChI=1S/C8H12FN3O2S/c1-2-15(13,14)4-3-10-8-5-7(9)11-6-12-8/h5-6H,2-4H2,1H3,(H,10,11,12). The molecule has 0 bridgehead atoms. The van der Waals surface area contributed by atoms with Crippen molar-refractivity contribution in [1.29, 1.82) is 0 Å². The van der Waals surface area contributed by atoms with E-state index in [0.29, 0.717) is 0 Å². The highest BCUT2D eigenvalue weighted by Gasteiger charge is 2.06. The van der Waals surface area contributed by atoms with Crippen LogP contribution in [-0.4, -0.2) is 36.4 Å². The van der Waals surface area contributed by atoms with E-state index in [1.807, 2.05) is 0 Å². The maximum Gasteiger partial charge on any atom is 0.217 e. The van der Waals surface area contributed by atoms with Gasteiger partial charge in [0.05, 0.1) is 5.75 Å². The minimum atomic E-state index is -3.00. The highest BCUT2D eigenvalue weighted by Crippen LogP contribution is 2.01. The van der Waals surface area contributed by atoms with Crippen LogP contribution in [0.3, 0.4) is 0 Å². The van der Waals surface area contributed by atoms with Crippen molar-refractivity contribution < 1.29 is 12.8 Å². The predicted octanol–water partition coefficient (Wildman–Crippen LogP) is 0.462. The highest BCUT2D eigenvalue weighted by molar-refractivity contribution is 7.91. The summed E-state index contributed by atoms with van der Waals surface area (Å²) in [5, 5.41) is 2.71. The molecule has 0 aliphatic heterocycles. The molecule has 0 atom stereocenters. The average Bonchev–Trinajstić information content (AvgIpc) is 2.18. The molecule has 15 heavy (non-hydrogen) atoms. The first kappa shape index (κ1) is 11.8. The number of hydrogen-bond donors (Lipinski definition) is 1. The van der Waals surface area contributed by atoms with Crippen molar-refractivity contribution in [3.63, 3.8) is 0 Å². The molecule has 0 fully saturated rings. The molecular formula is C8H12FN3O2S. The van der Waals surface area contributed by atoms with E-state index in [0.717, 1.165) is 12.4 Å². The van der Waals surface area contributed by atoms with Crippen molar-refractivity contribution in [2.24, 2.45) is 0 Å². The fraction of sp³-hybridized carbons (Fsp3) is 0.500. The third-order valence-corrected chi connectivity index (χ3v) is 3.50. The quantitative estimate of drug-likeness (QED) is 0.748. The van der Waals surface area contributed by atoms with Gasteiger partial charge in [-0.15, -0.1) is 0 Å². The summed E-state index contributed by atoms with van der Waals surface area (Å²) in [5.41, 5.74) is 0. The number of anilines is 1. The summed E-state index contributed by atoms with van der Waals surface area (Å²) in [5.74, 6) is -0.248. The van der Waals surface area contributed by atoms with Crippen LogP contribution in [0.4, 0.5) is 10.2 Å². The first-order valence-corrected chi connectivity index (χ1v) is 6.27. The van der Waals surface area contributed by atoms with Crippen molar-refractivity contribution in [3.8, 4) is 0 Å². The van der Waals surface area contributed by atoms with Gasteiger partial charge in [0.2, 0.25) is 5.95 Å². The van der Waals surface area contributed by atoms with Crippen molar-refractivity contribution in [1.82, 2.24) is 9.97 Å². The Morgan fingerprint density at radius 2 is 2.20 bits per heavy atom. The van der Waals surface area contributed by atoms with E-state index in [1.54, 1.807) is 6.92 Å². The Morgan fingerprint density at radius 3 is 2.80 bits per heavy atom. The lowest BCUT2D eigenvalue weighted by atomic mass is 10.5. The fourth-order valence-corrected chi connectivity index (χ4v) is 1.61. The number of hydrogen-bond acceptors (Lipinski definition) is 5. The van der Waals surface area contributed by atoms with Crippen LogP contribution in [-0.2, 0) is 9.84 Å². The van der Waals surface area contributed by atoms with Crippen molar-refractivity contribution in [3.05, 3.63) is 18.3 Å². The van der Waals surface area contributed by atoms with Crippen LogP contribution in [0.1, 0.15) is 6.92 Å². The van der Waals surface area contributed by atoms with Gasteiger partial charge in [0, 0.05) is 18.4 Å². The second-order valence-corrected chi connectivity index (χ2v) is 5.36. The summed E-state index contributed by atoms with van der Waals surface area (Å²) >= 11 is 0. The molecule has 1 aromatic rings. The second-order valence-electron chi connectivity index (χ2n) is 2.89. The third-order valence-electron chi connectivity index (χ3n) is 1.79. The Balaban J connectivity index is 2.45. The largest absolute Gasteiger partial charge is 0.369 e. The molecule has 0 saturated carbocycles. The lowest BCUT2D eigenvalue weighted by molar-refractivity contribution is 0.580. The van der Waals surface area contributed by atoms with E-state index in [-0.39, 0.29) is 23.9 Å². The maximum absolute atomic E-state index is 12.6. The van der Waals surface area contributed by atoms with Gasteiger partial charge in [-0.3, -0.25) is 0 Å². The molecule has 0 aliphatic rings. The van der Waals surface area contributed by atoms with Gasteiger partial charge in [-0.1, -0.05) is 6.92 Å². The summed E-state index contributed by atoms with van der Waals surface area (Å²) in [6, 6.07) is 1.11. The number of aromatic nitrogens is 2. The van der Waals surface area contributed by atoms with Crippen molar-refractivity contribution >= 4 is 15.7 Å². The van der Waals surface area contributed by atoms with Gasteiger partial charge in [-0.05, 0) is 0 Å². The van der Waals surface area contributed by atoms with Crippen LogP contribution in [0, 0.1) is 5.95 Å². The smallest absolute Gasteiger partial charge is 0.217 e. The monoisotopic (exact) mass is 233 g/mol. The molecule has 0 saturated heterocycles. The topological polar surface area (TPSA) is 72.0 Å². The first-order chi connectivity index (χ1) is 7.03. The molecule has 1 heterocycles. The molecule has 7 heteroatoms. The molecular weight excluding hydrogens is 221 g/mol. The van der Waals surface area contributed by atoms with Crippen molar-refractivity contribution in [2.75, 3.05) is 23.4 Å². The Kier molecular flexibility index (Phi) is 3.96. The van der Waals surface area contributed by atoms with Gasteiger partial charge < -0.3 is 5.32 Å². The van der Waals surface area contributed by atoms with E-state index < -0.39 is 15.8 Å². The van der Waals surface area contributed by atoms with E-state index in [9.17, 15) is 12.8 Å². The van der Waals surface area contributed by atoms with Gasteiger partial charge in [-0.2, -0.15) is 4.39 Å². The second kappa shape index (κ2) is 5.01. The molecule has 1 N–H and O–H groups in total. The summed E-state index contributed by atoms with van der Waals surface area (Å²) in [6.07, 6.45) is 1.08. The average molecular weight is 233 g/mol. The molecule has 0 unspecified atom stereocenters. The summed E-state index contributed by atoms with van der Waals surface area (Å²) in [6.45, 7) is 1.80. The molecule has 0 aromatic carbocycles. The van der Waals surface area contributed by atoms with E-state index >= 15 is 0 Å². The van der Waals surface area contributed by atoms with E-state index in [4.69, 9.17) is 0 Å².